The van der Waals surface area contributed by atoms with E-state index in [0.717, 1.165) is 17.4 Å². The zero-order chi connectivity index (χ0) is 29.6. The Morgan fingerprint density at radius 3 is 2.08 bits per heavy atom. The van der Waals surface area contributed by atoms with E-state index in [9.17, 15) is 18.3 Å². The number of hydrogen-bond acceptors (Lipinski definition) is 7. The second-order valence-corrected chi connectivity index (χ2v) is 17.9. The molecule has 0 aliphatic rings. The second-order valence-electron chi connectivity index (χ2n) is 11.1. The molecule has 3 aromatic rings. The summed E-state index contributed by atoms with van der Waals surface area (Å²) >= 11 is 0. The van der Waals surface area contributed by atoms with Gasteiger partial charge in [0.2, 0.25) is 0 Å². The maximum atomic E-state index is 12.7. The zero-order valence-electron chi connectivity index (χ0n) is 23.9. The summed E-state index contributed by atoms with van der Waals surface area (Å²) in [6.45, 7) is 10.8. The summed E-state index contributed by atoms with van der Waals surface area (Å²) in [4.78, 5) is 12.9. The molecule has 0 bridgehead atoms. The molecular formula is C31H38O7SSi. The molecule has 214 valence electrons. The Hall–Kier alpha value is -3.24. The molecule has 1 N–H and O–H groups in total. The van der Waals surface area contributed by atoms with E-state index in [1.54, 1.807) is 30.3 Å². The third kappa shape index (κ3) is 8.38. The summed E-state index contributed by atoms with van der Waals surface area (Å²) in [7, 11) is -5.33. The van der Waals surface area contributed by atoms with Crippen molar-refractivity contribution in [2.45, 2.75) is 50.4 Å². The van der Waals surface area contributed by atoms with E-state index in [0.29, 0.717) is 29.1 Å². The minimum Gasteiger partial charge on any atom is -0.429 e. The fourth-order valence-corrected chi connectivity index (χ4v) is 5.28. The van der Waals surface area contributed by atoms with Crippen LogP contribution in [-0.4, -0.2) is 47.5 Å². The molecule has 9 heteroatoms. The van der Waals surface area contributed by atoms with Crippen molar-refractivity contribution in [3.8, 4) is 5.75 Å². The average molecular weight is 583 g/mol. The minimum atomic E-state index is -3.38. The van der Waals surface area contributed by atoms with Gasteiger partial charge in [0, 0.05) is 11.8 Å². The fraction of sp³-hybridized carbons (Fsp3) is 0.323. The minimum absolute atomic E-state index is 0.0778. The Morgan fingerprint density at radius 2 is 1.50 bits per heavy atom. The van der Waals surface area contributed by atoms with Crippen LogP contribution in [0.15, 0.2) is 83.8 Å². The first-order valence-corrected chi connectivity index (χ1v) is 17.8. The maximum Gasteiger partial charge on any atom is 0.514 e. The van der Waals surface area contributed by atoms with Gasteiger partial charge in [0.05, 0.1) is 18.1 Å². The number of carbonyl (C=O) groups is 1. The SMILES string of the molecule is CC(C)(C)[Si](C)(C)OCc1cccc(OC(=O)OC/C(=C(\CO)c2ccccc2)c2ccc(S(C)(=O)=O)cc2)c1. The van der Waals surface area contributed by atoms with Crippen molar-refractivity contribution in [3.63, 3.8) is 0 Å². The van der Waals surface area contributed by atoms with Gasteiger partial charge >= 0.3 is 6.16 Å². The van der Waals surface area contributed by atoms with Crippen LogP contribution in [-0.2, 0) is 25.6 Å². The third-order valence-corrected chi connectivity index (χ3v) is 12.7. The molecule has 40 heavy (non-hydrogen) atoms. The highest BCUT2D eigenvalue weighted by molar-refractivity contribution is 7.90. The van der Waals surface area contributed by atoms with Crippen molar-refractivity contribution in [3.05, 3.63) is 95.6 Å². The van der Waals surface area contributed by atoms with Crippen LogP contribution in [0.1, 0.15) is 37.5 Å². The molecule has 0 atom stereocenters. The maximum absolute atomic E-state index is 12.7. The van der Waals surface area contributed by atoms with Crippen LogP contribution >= 0.6 is 0 Å². The molecule has 7 nitrogen and oxygen atoms in total. The third-order valence-electron chi connectivity index (χ3n) is 7.12. The number of aliphatic hydroxyl groups is 1. The van der Waals surface area contributed by atoms with Crippen LogP contribution in [0.3, 0.4) is 0 Å². The predicted molar refractivity (Wildman–Crippen MR) is 160 cm³/mol. The van der Waals surface area contributed by atoms with Crippen LogP contribution < -0.4 is 4.74 Å². The highest BCUT2D eigenvalue weighted by Crippen LogP contribution is 2.37. The van der Waals surface area contributed by atoms with Crippen molar-refractivity contribution >= 4 is 35.5 Å². The number of carbonyl (C=O) groups excluding carboxylic acids is 1. The quantitative estimate of drug-likeness (QED) is 0.122. The standard InChI is InChI=1S/C31H38O7SSi/c1-31(2,3)40(5,6)37-21-23-11-10-14-26(19-23)38-30(33)36-22-29(28(20-32)24-12-8-7-9-13-24)25-15-17-27(18-16-25)39(4,34)35/h7-19,32H,20-22H2,1-6H3/b29-28-. The van der Waals surface area contributed by atoms with E-state index in [1.165, 1.54) is 12.1 Å². The first-order valence-electron chi connectivity index (χ1n) is 13.0. The molecule has 3 aromatic carbocycles. The number of hydrogen-bond donors (Lipinski definition) is 1. The van der Waals surface area contributed by atoms with Gasteiger partial charge in [0.15, 0.2) is 18.2 Å². The van der Waals surface area contributed by atoms with Crippen molar-refractivity contribution in [1.29, 1.82) is 0 Å². The summed E-state index contributed by atoms with van der Waals surface area (Å²) < 4.78 is 41.1. The lowest BCUT2D eigenvalue weighted by molar-refractivity contribution is 0.111. The molecule has 0 aliphatic heterocycles. The first-order chi connectivity index (χ1) is 18.7. The molecule has 0 unspecified atom stereocenters. The molecule has 0 amide bonds. The van der Waals surface area contributed by atoms with E-state index in [2.05, 4.69) is 33.9 Å². The van der Waals surface area contributed by atoms with Gasteiger partial charge in [-0.25, -0.2) is 13.2 Å². The molecule has 0 spiro atoms. The Balaban J connectivity index is 1.79. The Bertz CT molecular complexity index is 1440. The molecule has 0 saturated carbocycles. The monoisotopic (exact) mass is 582 g/mol. The van der Waals surface area contributed by atoms with Gasteiger partial charge in [0.1, 0.15) is 12.4 Å². The first kappa shape index (κ1) is 31.3. The van der Waals surface area contributed by atoms with E-state index in [1.807, 2.05) is 36.4 Å². The number of ether oxygens (including phenoxy) is 2. The smallest absolute Gasteiger partial charge is 0.429 e. The van der Waals surface area contributed by atoms with Gasteiger partial charge < -0.3 is 19.0 Å². The molecule has 0 heterocycles. The van der Waals surface area contributed by atoms with Crippen molar-refractivity contribution in [2.24, 2.45) is 0 Å². The van der Waals surface area contributed by atoms with E-state index in [4.69, 9.17) is 13.9 Å². The van der Waals surface area contributed by atoms with Crippen molar-refractivity contribution < 1.29 is 32.2 Å². The summed E-state index contributed by atoms with van der Waals surface area (Å²) in [5.41, 5.74) is 3.32. The molecule has 0 radical (unpaired) electrons. The number of aliphatic hydroxyl groups excluding tert-OH is 1. The molecular weight excluding hydrogens is 544 g/mol. The topological polar surface area (TPSA) is 99.1 Å². The van der Waals surface area contributed by atoms with Crippen LogP contribution in [0.4, 0.5) is 4.79 Å². The Labute approximate surface area is 238 Å². The van der Waals surface area contributed by atoms with E-state index >= 15 is 0 Å². The lowest BCUT2D eigenvalue weighted by atomic mass is 9.95. The molecule has 0 aliphatic carbocycles. The summed E-state index contributed by atoms with van der Waals surface area (Å²) in [6, 6.07) is 22.6. The van der Waals surface area contributed by atoms with Crippen LogP contribution in [0.25, 0.3) is 11.1 Å². The highest BCUT2D eigenvalue weighted by Gasteiger charge is 2.37. The number of sulfone groups is 1. The lowest BCUT2D eigenvalue weighted by Gasteiger charge is -2.36. The normalized spacial score (nSPS) is 13.0. The lowest BCUT2D eigenvalue weighted by Crippen LogP contribution is -2.40. The van der Waals surface area contributed by atoms with Crippen molar-refractivity contribution in [2.75, 3.05) is 19.5 Å². The average Bonchev–Trinajstić information content (AvgIpc) is 2.89. The summed E-state index contributed by atoms with van der Waals surface area (Å²) in [5.74, 6) is 0.329. The molecule has 3 rings (SSSR count). The molecule has 0 saturated heterocycles. The predicted octanol–water partition coefficient (Wildman–Crippen LogP) is 6.73. The summed E-state index contributed by atoms with van der Waals surface area (Å²) in [5, 5.41) is 10.3. The van der Waals surface area contributed by atoms with E-state index in [-0.39, 0.29) is 23.1 Å². The molecule has 0 fully saturated rings. The highest BCUT2D eigenvalue weighted by atomic mass is 32.2. The zero-order valence-corrected chi connectivity index (χ0v) is 25.7. The Kier molecular flexibility index (Phi) is 10.1. The van der Waals surface area contributed by atoms with Gasteiger partial charge in [-0.05, 0) is 64.7 Å². The van der Waals surface area contributed by atoms with Crippen LogP contribution in [0, 0.1) is 0 Å². The second kappa shape index (κ2) is 12.9. The van der Waals surface area contributed by atoms with Crippen LogP contribution in [0.5, 0.6) is 5.75 Å². The van der Waals surface area contributed by atoms with Gasteiger partial charge in [-0.2, -0.15) is 0 Å². The van der Waals surface area contributed by atoms with Crippen molar-refractivity contribution in [1.82, 2.24) is 0 Å². The van der Waals surface area contributed by atoms with Gasteiger partial charge in [0.25, 0.3) is 0 Å². The Morgan fingerprint density at radius 1 is 0.875 bits per heavy atom. The van der Waals surface area contributed by atoms with Crippen LogP contribution in [0.2, 0.25) is 18.1 Å². The fourth-order valence-electron chi connectivity index (χ4n) is 3.68. The van der Waals surface area contributed by atoms with Gasteiger partial charge in [-0.1, -0.05) is 75.4 Å². The molecule has 0 aromatic heterocycles. The number of rotatable bonds is 10. The van der Waals surface area contributed by atoms with Gasteiger partial charge in [-0.3, -0.25) is 0 Å². The number of benzene rings is 3. The largest absolute Gasteiger partial charge is 0.514 e. The van der Waals surface area contributed by atoms with E-state index < -0.39 is 24.3 Å². The van der Waals surface area contributed by atoms with Gasteiger partial charge in [-0.15, -0.1) is 0 Å². The summed E-state index contributed by atoms with van der Waals surface area (Å²) in [6.07, 6.45) is 0.230.